The first kappa shape index (κ1) is 12.5. The molecule has 0 bridgehead atoms. The summed E-state index contributed by atoms with van der Waals surface area (Å²) in [5, 5.41) is 22.0. The van der Waals surface area contributed by atoms with Crippen molar-refractivity contribution >= 4 is 45.0 Å². The molecule has 0 fully saturated rings. The van der Waals surface area contributed by atoms with Gasteiger partial charge in [-0.05, 0) is 37.8 Å². The van der Waals surface area contributed by atoms with Crippen LogP contribution in [0.2, 0.25) is 0 Å². The van der Waals surface area contributed by atoms with Crippen molar-refractivity contribution in [3.8, 4) is 0 Å². The van der Waals surface area contributed by atoms with Crippen LogP contribution in [0.25, 0.3) is 0 Å². The molecule has 0 saturated heterocycles. The van der Waals surface area contributed by atoms with Crippen LogP contribution in [0.3, 0.4) is 0 Å². The third-order valence-electron chi connectivity index (χ3n) is 1.81. The third-order valence-corrected chi connectivity index (χ3v) is 4.90. The smallest absolute Gasteiger partial charge is 0.325 e. The number of rotatable bonds is 5. The number of aromatic nitrogens is 4. The molecule has 2 aromatic heterocycles. The van der Waals surface area contributed by atoms with Crippen LogP contribution in [0.1, 0.15) is 4.88 Å². The van der Waals surface area contributed by atoms with E-state index in [9.17, 15) is 4.79 Å². The quantitative estimate of drug-likeness (QED) is 0.840. The Morgan fingerprint density at radius 1 is 1.65 bits per heavy atom. The number of carboxylic acids is 1. The molecular formula is C8H7BrN4O2S2. The Morgan fingerprint density at radius 2 is 2.47 bits per heavy atom. The molecule has 0 atom stereocenters. The fourth-order valence-electron chi connectivity index (χ4n) is 1.09. The highest BCUT2D eigenvalue weighted by Crippen LogP contribution is 2.29. The van der Waals surface area contributed by atoms with Crippen LogP contribution in [0.15, 0.2) is 21.1 Å². The van der Waals surface area contributed by atoms with E-state index in [4.69, 9.17) is 5.11 Å². The Kier molecular flexibility index (Phi) is 4.13. The van der Waals surface area contributed by atoms with Gasteiger partial charge in [-0.25, -0.2) is 4.68 Å². The van der Waals surface area contributed by atoms with Crippen LogP contribution in [-0.2, 0) is 17.1 Å². The predicted octanol–water partition coefficient (Wildman–Crippen LogP) is 1.87. The second-order valence-electron chi connectivity index (χ2n) is 2.99. The summed E-state index contributed by atoms with van der Waals surface area (Å²) in [4.78, 5) is 11.7. The summed E-state index contributed by atoms with van der Waals surface area (Å²) < 4.78 is 2.32. The van der Waals surface area contributed by atoms with E-state index in [2.05, 4.69) is 31.5 Å². The van der Waals surface area contributed by atoms with Crippen LogP contribution in [0.5, 0.6) is 0 Å². The minimum Gasteiger partial charge on any atom is -0.480 e. The van der Waals surface area contributed by atoms with Gasteiger partial charge in [-0.2, -0.15) is 0 Å². The van der Waals surface area contributed by atoms with Gasteiger partial charge in [-0.3, -0.25) is 4.79 Å². The number of hydrogen-bond acceptors (Lipinski definition) is 6. The molecule has 0 aliphatic carbocycles. The Balaban J connectivity index is 2.02. The van der Waals surface area contributed by atoms with Gasteiger partial charge in [0, 0.05) is 15.1 Å². The number of tetrazole rings is 1. The van der Waals surface area contributed by atoms with Crippen molar-refractivity contribution in [3.05, 3.63) is 20.8 Å². The van der Waals surface area contributed by atoms with Crippen molar-refractivity contribution in [2.24, 2.45) is 0 Å². The molecule has 2 rings (SSSR count). The fourth-order valence-corrected chi connectivity index (χ4v) is 3.76. The lowest BCUT2D eigenvalue weighted by Crippen LogP contribution is -2.11. The highest BCUT2D eigenvalue weighted by atomic mass is 79.9. The molecule has 0 amide bonds. The van der Waals surface area contributed by atoms with E-state index in [0.29, 0.717) is 10.9 Å². The summed E-state index contributed by atoms with van der Waals surface area (Å²) in [6.45, 7) is -0.221. The molecule has 6 nitrogen and oxygen atoms in total. The minimum atomic E-state index is -0.962. The lowest BCUT2D eigenvalue weighted by Gasteiger charge is -2.00. The first-order chi connectivity index (χ1) is 8.16. The van der Waals surface area contributed by atoms with Gasteiger partial charge in [0.25, 0.3) is 0 Å². The fraction of sp³-hybridized carbons (Fsp3) is 0.250. The summed E-state index contributed by atoms with van der Waals surface area (Å²) in [5.41, 5.74) is 0. The normalized spacial score (nSPS) is 10.6. The standard InChI is InChI=1S/C8H7BrN4O2S2/c9-5-1-2-16-6(5)4-17-8-10-11-12-13(8)3-7(14)15/h1-2H,3-4H2,(H,14,15). The van der Waals surface area contributed by atoms with E-state index in [1.165, 1.54) is 21.3 Å². The van der Waals surface area contributed by atoms with Gasteiger partial charge >= 0.3 is 5.97 Å². The molecule has 0 radical (unpaired) electrons. The van der Waals surface area contributed by atoms with Crippen molar-refractivity contribution in [2.75, 3.05) is 0 Å². The molecule has 17 heavy (non-hydrogen) atoms. The zero-order chi connectivity index (χ0) is 12.3. The maximum atomic E-state index is 10.6. The van der Waals surface area contributed by atoms with E-state index in [0.717, 1.165) is 4.47 Å². The zero-order valence-corrected chi connectivity index (χ0v) is 11.6. The van der Waals surface area contributed by atoms with Gasteiger partial charge in [-0.15, -0.1) is 16.4 Å². The van der Waals surface area contributed by atoms with Crippen LogP contribution in [0.4, 0.5) is 0 Å². The van der Waals surface area contributed by atoms with Gasteiger partial charge < -0.3 is 5.11 Å². The second-order valence-corrected chi connectivity index (χ2v) is 5.79. The molecule has 0 aliphatic rings. The monoisotopic (exact) mass is 334 g/mol. The lowest BCUT2D eigenvalue weighted by molar-refractivity contribution is -0.138. The van der Waals surface area contributed by atoms with Gasteiger partial charge in [0.1, 0.15) is 6.54 Å². The predicted molar refractivity (Wildman–Crippen MR) is 67.0 cm³/mol. The number of halogens is 1. The zero-order valence-electron chi connectivity index (χ0n) is 8.41. The Bertz CT molecular complexity index is 527. The number of aliphatic carboxylic acids is 1. The SMILES string of the molecule is O=C(O)Cn1nnnc1SCc1sccc1Br. The van der Waals surface area contributed by atoms with Crippen LogP contribution in [-0.4, -0.2) is 31.3 Å². The molecule has 2 aromatic rings. The van der Waals surface area contributed by atoms with Gasteiger partial charge in [0.05, 0.1) is 0 Å². The molecule has 1 N–H and O–H groups in total. The highest BCUT2D eigenvalue weighted by molar-refractivity contribution is 9.10. The summed E-state index contributed by atoms with van der Waals surface area (Å²) in [6.07, 6.45) is 0. The lowest BCUT2D eigenvalue weighted by atomic mass is 10.5. The Labute approximate surface area is 113 Å². The number of carbonyl (C=O) groups is 1. The minimum absolute atomic E-state index is 0.221. The topological polar surface area (TPSA) is 80.9 Å². The van der Waals surface area contributed by atoms with Gasteiger partial charge in [0.15, 0.2) is 0 Å². The third kappa shape index (κ3) is 3.27. The highest BCUT2D eigenvalue weighted by Gasteiger charge is 2.11. The van der Waals surface area contributed by atoms with Gasteiger partial charge in [-0.1, -0.05) is 11.8 Å². The Hall–Kier alpha value is -0.930. The van der Waals surface area contributed by atoms with E-state index < -0.39 is 5.97 Å². The largest absolute Gasteiger partial charge is 0.480 e. The average molecular weight is 335 g/mol. The Morgan fingerprint density at radius 3 is 3.12 bits per heavy atom. The van der Waals surface area contributed by atoms with Crippen molar-refractivity contribution in [2.45, 2.75) is 17.5 Å². The molecule has 90 valence electrons. The van der Waals surface area contributed by atoms with Crippen LogP contribution < -0.4 is 0 Å². The molecule has 9 heteroatoms. The number of thioether (sulfide) groups is 1. The van der Waals surface area contributed by atoms with E-state index in [-0.39, 0.29) is 6.54 Å². The maximum absolute atomic E-state index is 10.6. The summed E-state index contributed by atoms with van der Waals surface area (Å²) in [5.74, 6) is -0.255. The molecule has 0 aromatic carbocycles. The van der Waals surface area contributed by atoms with E-state index >= 15 is 0 Å². The van der Waals surface area contributed by atoms with Crippen molar-refractivity contribution < 1.29 is 9.90 Å². The second kappa shape index (κ2) is 5.61. The van der Waals surface area contributed by atoms with Gasteiger partial charge in [0.2, 0.25) is 5.16 Å². The number of nitrogens with zero attached hydrogens (tertiary/aromatic N) is 4. The first-order valence-electron chi connectivity index (χ1n) is 4.49. The number of thiophene rings is 1. The molecular weight excluding hydrogens is 328 g/mol. The molecule has 2 heterocycles. The summed E-state index contributed by atoms with van der Waals surface area (Å²) >= 11 is 6.47. The molecule has 0 unspecified atom stereocenters. The first-order valence-corrected chi connectivity index (χ1v) is 7.15. The maximum Gasteiger partial charge on any atom is 0.325 e. The van der Waals surface area contributed by atoms with Crippen LogP contribution >= 0.6 is 39.0 Å². The van der Waals surface area contributed by atoms with E-state index in [1.54, 1.807) is 11.3 Å². The summed E-state index contributed by atoms with van der Waals surface area (Å²) in [7, 11) is 0. The molecule has 0 spiro atoms. The molecule has 0 aliphatic heterocycles. The average Bonchev–Trinajstić information content (AvgIpc) is 2.84. The van der Waals surface area contributed by atoms with Crippen molar-refractivity contribution in [1.82, 2.24) is 20.2 Å². The van der Waals surface area contributed by atoms with Crippen LogP contribution in [0, 0.1) is 0 Å². The van der Waals surface area contributed by atoms with Crippen molar-refractivity contribution in [3.63, 3.8) is 0 Å². The van der Waals surface area contributed by atoms with Crippen molar-refractivity contribution in [1.29, 1.82) is 0 Å². The number of hydrogen-bond donors (Lipinski definition) is 1. The van der Waals surface area contributed by atoms with E-state index in [1.807, 2.05) is 11.4 Å². The number of carboxylic acid groups (broad SMARTS) is 1. The summed E-state index contributed by atoms with van der Waals surface area (Å²) in [6, 6.07) is 1.97. The molecule has 0 saturated carbocycles.